The summed E-state index contributed by atoms with van der Waals surface area (Å²) in [5.41, 5.74) is 0.698. The van der Waals surface area contributed by atoms with Gasteiger partial charge in [0.25, 0.3) is 0 Å². The predicted molar refractivity (Wildman–Crippen MR) is 55.2 cm³/mol. The van der Waals surface area contributed by atoms with Crippen LogP contribution in [0.3, 0.4) is 0 Å². The Hall–Kier alpha value is 0. The number of rotatable bonds is 3. The van der Waals surface area contributed by atoms with Gasteiger partial charge in [0.2, 0.25) is 0 Å². The van der Waals surface area contributed by atoms with Gasteiger partial charge in [0, 0.05) is 0 Å². The highest BCUT2D eigenvalue weighted by atomic mass is 14.4. The Bertz CT molecular complexity index is 137. The highest BCUT2D eigenvalue weighted by Crippen LogP contribution is 2.44. The molecule has 1 aliphatic carbocycles. The van der Waals surface area contributed by atoms with Crippen molar-refractivity contribution in [3.05, 3.63) is 0 Å². The third-order valence-electron chi connectivity index (χ3n) is 3.41. The summed E-state index contributed by atoms with van der Waals surface area (Å²) in [5, 5.41) is 0. The first-order chi connectivity index (χ1) is 5.52. The van der Waals surface area contributed by atoms with Crippen LogP contribution in [0.4, 0.5) is 0 Å². The average molecular weight is 168 g/mol. The lowest BCUT2D eigenvalue weighted by atomic mass is 9.81. The molecule has 0 heterocycles. The van der Waals surface area contributed by atoms with Gasteiger partial charge in [-0.2, -0.15) is 0 Å². The van der Waals surface area contributed by atoms with E-state index in [9.17, 15) is 0 Å². The van der Waals surface area contributed by atoms with Gasteiger partial charge in [-0.15, -0.1) is 0 Å². The first-order valence-corrected chi connectivity index (χ1v) is 5.52. The zero-order chi connectivity index (χ0) is 9.19. The second-order valence-electron chi connectivity index (χ2n) is 5.59. The van der Waals surface area contributed by atoms with Gasteiger partial charge in [-0.25, -0.2) is 0 Å². The molecule has 2 atom stereocenters. The Morgan fingerprint density at radius 1 is 1.42 bits per heavy atom. The Morgan fingerprint density at radius 3 is 2.50 bits per heavy atom. The maximum atomic E-state index is 2.48. The van der Waals surface area contributed by atoms with Gasteiger partial charge in [-0.3, -0.25) is 0 Å². The van der Waals surface area contributed by atoms with Crippen LogP contribution < -0.4 is 0 Å². The first kappa shape index (κ1) is 10.1. The summed E-state index contributed by atoms with van der Waals surface area (Å²) in [6.45, 7) is 9.56. The van der Waals surface area contributed by atoms with Gasteiger partial charge in [0.1, 0.15) is 0 Å². The van der Waals surface area contributed by atoms with Crippen molar-refractivity contribution >= 4 is 0 Å². The highest BCUT2D eigenvalue weighted by molar-refractivity contribution is 4.83. The highest BCUT2D eigenvalue weighted by Gasteiger charge is 2.32. The van der Waals surface area contributed by atoms with Crippen LogP contribution in [0, 0.1) is 17.3 Å². The maximum absolute atomic E-state index is 2.48. The minimum atomic E-state index is 0.698. The van der Waals surface area contributed by atoms with Crippen LogP contribution in [0.5, 0.6) is 0 Å². The molecule has 0 aromatic carbocycles. The predicted octanol–water partition coefficient (Wildman–Crippen LogP) is 4.25. The molecule has 0 aromatic rings. The lowest BCUT2D eigenvalue weighted by Crippen LogP contribution is -2.12. The van der Waals surface area contributed by atoms with E-state index in [0.717, 1.165) is 11.8 Å². The molecule has 0 aromatic heterocycles. The summed E-state index contributed by atoms with van der Waals surface area (Å²) in [7, 11) is 0. The van der Waals surface area contributed by atoms with Crippen LogP contribution in [0.2, 0.25) is 0 Å². The first-order valence-electron chi connectivity index (χ1n) is 5.52. The van der Waals surface area contributed by atoms with E-state index < -0.39 is 0 Å². The fourth-order valence-corrected chi connectivity index (χ4v) is 2.50. The van der Waals surface area contributed by atoms with Crippen molar-refractivity contribution in [2.45, 2.75) is 59.8 Å². The monoisotopic (exact) mass is 168 g/mol. The molecule has 0 spiro atoms. The molecule has 0 aliphatic heterocycles. The third kappa shape index (κ3) is 2.80. The van der Waals surface area contributed by atoms with Gasteiger partial charge in [-0.1, -0.05) is 40.5 Å². The molecule has 0 N–H and O–H groups in total. The molecule has 1 rings (SSSR count). The van der Waals surface area contributed by atoms with E-state index in [2.05, 4.69) is 27.7 Å². The van der Waals surface area contributed by atoms with Crippen molar-refractivity contribution in [1.29, 1.82) is 0 Å². The van der Waals surface area contributed by atoms with Crippen molar-refractivity contribution in [3.63, 3.8) is 0 Å². The van der Waals surface area contributed by atoms with Crippen LogP contribution in [0.1, 0.15) is 59.8 Å². The number of hydrogen-bond donors (Lipinski definition) is 0. The fraction of sp³-hybridized carbons (Fsp3) is 1.00. The average Bonchev–Trinajstić information content (AvgIpc) is 2.29. The van der Waals surface area contributed by atoms with Gasteiger partial charge >= 0.3 is 0 Å². The Morgan fingerprint density at radius 2 is 2.08 bits per heavy atom. The van der Waals surface area contributed by atoms with Gasteiger partial charge in [0.15, 0.2) is 0 Å². The van der Waals surface area contributed by atoms with E-state index in [-0.39, 0.29) is 0 Å². The summed E-state index contributed by atoms with van der Waals surface area (Å²) in [4.78, 5) is 0. The molecule has 0 radical (unpaired) electrons. The van der Waals surface area contributed by atoms with Crippen LogP contribution in [-0.2, 0) is 0 Å². The zero-order valence-corrected chi connectivity index (χ0v) is 9.19. The largest absolute Gasteiger partial charge is 0.0628 e. The molecule has 1 aliphatic rings. The minimum Gasteiger partial charge on any atom is -0.0628 e. The molecule has 0 bridgehead atoms. The molecule has 0 heteroatoms. The Balaban J connectivity index is 2.30. The molecular weight excluding hydrogens is 144 g/mol. The SMILES string of the molecule is CC(C)CCC1(C)CCC(C)C1. The van der Waals surface area contributed by atoms with E-state index in [1.54, 1.807) is 0 Å². The van der Waals surface area contributed by atoms with Crippen molar-refractivity contribution in [1.82, 2.24) is 0 Å². The second-order valence-corrected chi connectivity index (χ2v) is 5.59. The molecule has 12 heavy (non-hydrogen) atoms. The van der Waals surface area contributed by atoms with Crippen molar-refractivity contribution < 1.29 is 0 Å². The topological polar surface area (TPSA) is 0 Å². The molecule has 0 saturated heterocycles. The van der Waals surface area contributed by atoms with Gasteiger partial charge in [-0.05, 0) is 36.5 Å². The van der Waals surface area contributed by atoms with Crippen molar-refractivity contribution in [3.8, 4) is 0 Å². The van der Waals surface area contributed by atoms with Crippen molar-refractivity contribution in [2.75, 3.05) is 0 Å². The lowest BCUT2D eigenvalue weighted by Gasteiger charge is -2.24. The van der Waals surface area contributed by atoms with Crippen LogP contribution >= 0.6 is 0 Å². The second kappa shape index (κ2) is 3.81. The third-order valence-corrected chi connectivity index (χ3v) is 3.41. The molecule has 1 saturated carbocycles. The van der Waals surface area contributed by atoms with Gasteiger partial charge < -0.3 is 0 Å². The fourth-order valence-electron chi connectivity index (χ4n) is 2.50. The van der Waals surface area contributed by atoms with E-state index in [0.29, 0.717) is 5.41 Å². The maximum Gasteiger partial charge on any atom is -0.0323 e. The molecule has 1 fully saturated rings. The standard InChI is InChI=1S/C12H24/c1-10(2)5-7-12(4)8-6-11(3)9-12/h10-11H,5-9H2,1-4H3. The summed E-state index contributed by atoms with van der Waals surface area (Å²) in [5.74, 6) is 1.87. The molecule has 0 nitrogen and oxygen atoms in total. The quantitative estimate of drug-likeness (QED) is 0.591. The molecular formula is C12H24. The molecule has 2 unspecified atom stereocenters. The zero-order valence-electron chi connectivity index (χ0n) is 9.19. The van der Waals surface area contributed by atoms with E-state index >= 15 is 0 Å². The van der Waals surface area contributed by atoms with Crippen LogP contribution in [0.15, 0.2) is 0 Å². The van der Waals surface area contributed by atoms with Gasteiger partial charge in [0.05, 0.1) is 0 Å². The Labute approximate surface area is 77.7 Å². The summed E-state index contributed by atoms with van der Waals surface area (Å²) in [6.07, 6.45) is 7.29. The van der Waals surface area contributed by atoms with E-state index in [4.69, 9.17) is 0 Å². The van der Waals surface area contributed by atoms with E-state index in [1.807, 2.05) is 0 Å². The molecule has 0 amide bonds. The smallest absolute Gasteiger partial charge is 0.0323 e. The number of hydrogen-bond acceptors (Lipinski definition) is 0. The minimum absolute atomic E-state index is 0.698. The van der Waals surface area contributed by atoms with E-state index in [1.165, 1.54) is 32.1 Å². The van der Waals surface area contributed by atoms with Crippen LogP contribution in [-0.4, -0.2) is 0 Å². The molecule has 72 valence electrons. The Kier molecular flexibility index (Phi) is 3.20. The van der Waals surface area contributed by atoms with Crippen LogP contribution in [0.25, 0.3) is 0 Å². The summed E-state index contributed by atoms with van der Waals surface area (Å²) >= 11 is 0. The normalized spacial score (nSPS) is 36.2. The summed E-state index contributed by atoms with van der Waals surface area (Å²) in [6, 6.07) is 0. The summed E-state index contributed by atoms with van der Waals surface area (Å²) < 4.78 is 0. The lowest BCUT2D eigenvalue weighted by molar-refractivity contribution is 0.272. The van der Waals surface area contributed by atoms with Crippen molar-refractivity contribution in [2.24, 2.45) is 17.3 Å².